The first-order chi connectivity index (χ1) is 19.2. The molecule has 16 nitrogen and oxygen atoms in total. The molecule has 0 spiro atoms. The summed E-state index contributed by atoms with van der Waals surface area (Å²) in [4.78, 5) is 48.5. The highest BCUT2D eigenvalue weighted by Gasteiger charge is 2.57. The number of β-lactam (4-membered cyclic amide) rings is 1. The Morgan fingerprint density at radius 1 is 1.43 bits per heavy atom. The number of fused-ring (bicyclic) bond motifs is 1. The Morgan fingerprint density at radius 2 is 2.17 bits per heavy atom. The Kier molecular flexibility index (Phi) is 11.0. The lowest BCUT2D eigenvalue weighted by Crippen LogP contribution is -2.73. The zero-order valence-electron chi connectivity index (χ0n) is 21.9. The standard InChI is InChI=1S/C19H22N10O5S3.C2H7N/c1-3-6-34-24-10(12-22-17(20)37-25-12)13(30)21-11-14(31)28-8-19(16(32)33,9-36-15(11)28)5-7-35-18-23-26-27-29(18)4-2;1-3-2/h3,5,7,11,15H,1,4,6,8-9H2,2H3,(H,21,30)(H,32,33)(H2,20,22,25);3H,1-2H3/t11?,15-,19?;/m1./s1. The summed E-state index contributed by atoms with van der Waals surface area (Å²) in [6.07, 6.45) is 3.00. The molecule has 2 saturated heterocycles. The van der Waals surface area contributed by atoms with Crippen molar-refractivity contribution in [3.8, 4) is 0 Å². The maximum absolute atomic E-state index is 12.9. The van der Waals surface area contributed by atoms with Crippen LogP contribution in [0.15, 0.2) is 34.5 Å². The molecule has 5 N–H and O–H groups in total. The highest BCUT2D eigenvalue weighted by atomic mass is 32.2. The molecule has 0 radical (unpaired) electrons. The summed E-state index contributed by atoms with van der Waals surface area (Å²) in [5.74, 6) is -2.05. The number of hydrogen-bond acceptors (Lipinski definition) is 15. The van der Waals surface area contributed by atoms with Gasteiger partial charge in [-0.15, -0.1) is 16.9 Å². The summed E-state index contributed by atoms with van der Waals surface area (Å²) in [6, 6.07) is -0.877. The van der Waals surface area contributed by atoms with E-state index < -0.39 is 34.6 Å². The molecule has 4 rings (SSSR count). The van der Waals surface area contributed by atoms with Crippen molar-refractivity contribution in [1.82, 2.24) is 45.1 Å². The van der Waals surface area contributed by atoms with Gasteiger partial charge in [0, 0.05) is 30.4 Å². The average Bonchev–Trinajstić information content (AvgIpc) is 3.58. The molecule has 2 unspecified atom stereocenters. The summed E-state index contributed by atoms with van der Waals surface area (Å²) >= 11 is 3.33. The van der Waals surface area contributed by atoms with Crippen LogP contribution in [0.3, 0.4) is 0 Å². The number of nitrogens with zero attached hydrogens (tertiary/aromatic N) is 8. The minimum Gasteiger partial charge on any atom is -0.481 e. The number of rotatable bonds is 11. The summed E-state index contributed by atoms with van der Waals surface area (Å²) < 4.78 is 5.56. The van der Waals surface area contributed by atoms with E-state index in [1.54, 1.807) is 16.2 Å². The van der Waals surface area contributed by atoms with Crippen molar-refractivity contribution < 1.29 is 24.3 Å². The number of aryl methyl sites for hydroxylation is 1. The summed E-state index contributed by atoms with van der Waals surface area (Å²) in [7, 11) is 3.75. The largest absolute Gasteiger partial charge is 0.481 e. The van der Waals surface area contributed by atoms with Gasteiger partial charge in [0.05, 0.1) is 0 Å². The van der Waals surface area contributed by atoms with Crippen LogP contribution >= 0.6 is 35.1 Å². The zero-order chi connectivity index (χ0) is 29.3. The second-order valence-electron chi connectivity index (χ2n) is 8.26. The number of tetrazole rings is 1. The van der Waals surface area contributed by atoms with Crippen LogP contribution < -0.4 is 16.4 Å². The molecule has 2 aromatic rings. The van der Waals surface area contributed by atoms with Gasteiger partial charge >= 0.3 is 5.97 Å². The van der Waals surface area contributed by atoms with Crippen LogP contribution in [0.4, 0.5) is 5.13 Å². The highest BCUT2D eigenvalue weighted by Crippen LogP contribution is 2.43. The van der Waals surface area contributed by atoms with Crippen molar-refractivity contribution in [3.05, 3.63) is 30.0 Å². The minimum atomic E-state index is -1.31. The number of nitrogens with one attached hydrogen (secondary N) is 2. The van der Waals surface area contributed by atoms with Crippen LogP contribution in [0.25, 0.3) is 0 Å². The van der Waals surface area contributed by atoms with Crippen molar-refractivity contribution in [3.63, 3.8) is 0 Å². The van der Waals surface area contributed by atoms with Gasteiger partial charge in [0.25, 0.3) is 5.91 Å². The van der Waals surface area contributed by atoms with Crippen LogP contribution in [0.1, 0.15) is 12.7 Å². The van der Waals surface area contributed by atoms with Gasteiger partial charge in [-0.2, -0.15) is 9.36 Å². The number of aliphatic carboxylic acids is 1. The van der Waals surface area contributed by atoms with Crippen molar-refractivity contribution in [2.75, 3.05) is 38.7 Å². The fourth-order valence-electron chi connectivity index (χ4n) is 3.48. The Bertz CT molecular complexity index is 1280. The number of anilines is 1. The predicted molar refractivity (Wildman–Crippen MR) is 150 cm³/mol. The number of carbonyl (C=O) groups is 3. The normalized spacial score (nSPS) is 22.1. The Hall–Kier alpha value is -3.55. The molecule has 2 aliphatic rings. The van der Waals surface area contributed by atoms with E-state index in [2.05, 4.69) is 47.3 Å². The first-order valence-corrected chi connectivity index (χ1v) is 14.5. The van der Waals surface area contributed by atoms with Gasteiger partial charge in [-0.05, 0) is 36.9 Å². The topological polar surface area (TPSA) is 216 Å². The van der Waals surface area contributed by atoms with E-state index >= 15 is 0 Å². The maximum Gasteiger partial charge on any atom is 0.316 e. The molecular weight excluding hydrogens is 583 g/mol. The molecule has 0 saturated carbocycles. The monoisotopic (exact) mass is 611 g/mol. The third-order valence-electron chi connectivity index (χ3n) is 5.39. The molecule has 2 aromatic heterocycles. The number of oxime groups is 1. The molecule has 3 atom stereocenters. The third-order valence-corrected chi connectivity index (χ3v) is 8.26. The third kappa shape index (κ3) is 6.95. The van der Waals surface area contributed by atoms with E-state index in [4.69, 9.17) is 10.6 Å². The van der Waals surface area contributed by atoms with E-state index in [0.29, 0.717) is 11.7 Å². The lowest BCUT2D eigenvalue weighted by atomic mass is 9.87. The Labute approximate surface area is 242 Å². The number of amides is 2. The molecule has 2 amide bonds. The minimum absolute atomic E-state index is 0.0365. The van der Waals surface area contributed by atoms with Crippen molar-refractivity contribution in [2.45, 2.75) is 30.0 Å². The molecule has 40 heavy (non-hydrogen) atoms. The maximum atomic E-state index is 12.9. The van der Waals surface area contributed by atoms with Crippen LogP contribution in [0.2, 0.25) is 0 Å². The van der Waals surface area contributed by atoms with Gasteiger partial charge in [-0.1, -0.05) is 35.6 Å². The second kappa shape index (κ2) is 14.2. The van der Waals surface area contributed by atoms with Gasteiger partial charge in [-0.3, -0.25) is 14.4 Å². The van der Waals surface area contributed by atoms with Gasteiger partial charge in [0.2, 0.25) is 22.6 Å². The second-order valence-corrected chi connectivity index (χ2v) is 11.0. The van der Waals surface area contributed by atoms with E-state index in [-0.39, 0.29) is 35.6 Å². The lowest BCUT2D eigenvalue weighted by molar-refractivity contribution is -0.156. The van der Waals surface area contributed by atoms with Gasteiger partial charge < -0.3 is 31.2 Å². The van der Waals surface area contributed by atoms with Gasteiger partial charge in [0.15, 0.2) is 5.13 Å². The number of nitrogen functional groups attached to an aromatic ring is 1. The van der Waals surface area contributed by atoms with Crippen LogP contribution in [-0.2, 0) is 25.8 Å². The highest BCUT2D eigenvalue weighted by molar-refractivity contribution is 8.02. The molecule has 2 aliphatic heterocycles. The van der Waals surface area contributed by atoms with Crippen LogP contribution in [-0.4, -0.2) is 107 Å². The number of carboxylic acids is 1. The van der Waals surface area contributed by atoms with Crippen molar-refractivity contribution in [1.29, 1.82) is 0 Å². The number of thioether (sulfide) groups is 2. The van der Waals surface area contributed by atoms with E-state index in [9.17, 15) is 19.5 Å². The van der Waals surface area contributed by atoms with Crippen LogP contribution in [0.5, 0.6) is 0 Å². The van der Waals surface area contributed by atoms with E-state index in [1.807, 2.05) is 21.0 Å². The first kappa shape index (κ1) is 31.0. The van der Waals surface area contributed by atoms with Crippen molar-refractivity contribution in [2.24, 2.45) is 10.6 Å². The number of carbonyl (C=O) groups excluding carboxylic acids is 2. The fourth-order valence-corrected chi connectivity index (χ4v) is 6.25. The molecule has 19 heteroatoms. The Morgan fingerprint density at radius 3 is 2.80 bits per heavy atom. The quantitative estimate of drug-likeness (QED) is 0.0638. The smallest absolute Gasteiger partial charge is 0.316 e. The molecule has 0 aromatic carbocycles. The number of nitrogens with two attached hydrogens (primary N) is 1. The zero-order valence-corrected chi connectivity index (χ0v) is 24.3. The number of aromatic nitrogens is 6. The SMILES string of the molecule is C=CCON=C(C(=O)NC1C(=O)N2CC(C=CSc3nnnn3CC)(C(=O)O)CS[C@H]12)c1nsc(N)n1.CNC. The van der Waals surface area contributed by atoms with Gasteiger partial charge in [-0.25, -0.2) is 4.68 Å². The lowest BCUT2D eigenvalue weighted by Gasteiger charge is -2.53. The summed E-state index contributed by atoms with van der Waals surface area (Å²) in [5.41, 5.74) is 4.07. The molecular formula is C21H29N11O5S3. The van der Waals surface area contributed by atoms with E-state index in [1.165, 1.54) is 34.5 Å². The number of carboxylic acid groups (broad SMARTS) is 1. The van der Waals surface area contributed by atoms with Crippen LogP contribution in [0, 0.1) is 5.41 Å². The molecule has 4 heterocycles. The average molecular weight is 612 g/mol. The molecule has 216 valence electrons. The predicted octanol–water partition coefficient (Wildman–Crippen LogP) is -0.354. The Balaban J connectivity index is 0.00000141. The molecule has 0 bridgehead atoms. The fraction of sp³-hybridized carbons (Fsp3) is 0.476. The van der Waals surface area contributed by atoms with Crippen molar-refractivity contribution >= 4 is 63.7 Å². The van der Waals surface area contributed by atoms with Gasteiger partial charge in [0.1, 0.15) is 23.4 Å². The first-order valence-electron chi connectivity index (χ1n) is 11.8. The molecule has 0 aliphatic carbocycles. The molecule has 2 fully saturated rings. The summed E-state index contributed by atoms with van der Waals surface area (Å²) in [6.45, 7) is 5.96. The summed E-state index contributed by atoms with van der Waals surface area (Å²) in [5, 5.41) is 32.3. The van der Waals surface area contributed by atoms with E-state index in [0.717, 1.165) is 11.5 Å². The number of hydrogen-bond donors (Lipinski definition) is 4.